The number of esters is 1. The molecule has 1 atom stereocenters. The van der Waals surface area contributed by atoms with Gasteiger partial charge in [-0.1, -0.05) is 19.9 Å². The minimum absolute atomic E-state index is 0.0818. The smallest absolute Gasteiger partial charge is 0.338 e. The molecule has 1 saturated heterocycles. The summed E-state index contributed by atoms with van der Waals surface area (Å²) in [4.78, 5) is 25.8. The highest BCUT2D eigenvalue weighted by Gasteiger charge is 2.28. The predicted molar refractivity (Wildman–Crippen MR) is 142 cm³/mol. The van der Waals surface area contributed by atoms with Gasteiger partial charge in [-0.15, -0.1) is 0 Å². The zero-order valence-electron chi connectivity index (χ0n) is 22.3. The van der Waals surface area contributed by atoms with Crippen molar-refractivity contribution in [3.63, 3.8) is 0 Å². The Morgan fingerprint density at radius 2 is 1.95 bits per heavy atom. The summed E-state index contributed by atoms with van der Waals surface area (Å²) in [6.45, 7) is 7.35. The van der Waals surface area contributed by atoms with E-state index in [4.69, 9.17) is 14.6 Å². The van der Waals surface area contributed by atoms with Crippen molar-refractivity contribution in [1.29, 1.82) is 0 Å². The lowest BCUT2D eigenvalue weighted by molar-refractivity contribution is 0.0435. The van der Waals surface area contributed by atoms with Gasteiger partial charge in [0.05, 0.1) is 34.0 Å². The molecule has 0 spiro atoms. The summed E-state index contributed by atoms with van der Waals surface area (Å²) in [6, 6.07) is 6.03. The second kappa shape index (κ2) is 12.9. The van der Waals surface area contributed by atoms with Crippen molar-refractivity contribution in [2.45, 2.75) is 63.8 Å². The molecule has 3 heterocycles. The molecule has 0 radical (unpaired) electrons. The lowest BCUT2D eigenvalue weighted by Gasteiger charge is -2.17. The fourth-order valence-electron chi connectivity index (χ4n) is 4.88. The van der Waals surface area contributed by atoms with Crippen LogP contribution < -0.4 is 5.32 Å². The molecule has 11 heteroatoms. The number of hydrogen-bond donors (Lipinski definition) is 1. The topological polar surface area (TPSA) is 120 Å². The lowest BCUT2D eigenvalue weighted by Crippen LogP contribution is -2.28. The van der Waals surface area contributed by atoms with E-state index in [1.54, 1.807) is 12.1 Å². The number of ether oxygens (including phenoxy) is 2. The van der Waals surface area contributed by atoms with Crippen LogP contribution in [0.15, 0.2) is 29.2 Å². The average molecular weight is 547 g/mol. The maximum atomic E-state index is 12.9. The highest BCUT2D eigenvalue weighted by molar-refractivity contribution is 7.89. The molecule has 0 unspecified atom stereocenters. The number of aromatic nitrogens is 2. The minimum Gasteiger partial charge on any atom is -0.462 e. The second-order valence-corrected chi connectivity index (χ2v) is 11.9. The summed E-state index contributed by atoms with van der Waals surface area (Å²) in [5, 5.41) is 7.71. The Bertz CT molecular complexity index is 1240. The summed E-state index contributed by atoms with van der Waals surface area (Å²) in [5.41, 5.74) is 2.49. The molecule has 2 aliphatic heterocycles. The normalized spacial score (nSPS) is 18.3. The van der Waals surface area contributed by atoms with Crippen LogP contribution >= 0.6 is 0 Å². The van der Waals surface area contributed by atoms with Gasteiger partial charge in [-0.25, -0.2) is 13.2 Å². The van der Waals surface area contributed by atoms with E-state index < -0.39 is 16.0 Å². The number of amides is 1. The van der Waals surface area contributed by atoms with Gasteiger partial charge < -0.3 is 14.8 Å². The molecule has 10 nitrogen and oxygen atoms in total. The molecule has 2 aromatic rings. The number of hydrogen-bond acceptors (Lipinski definition) is 7. The molecule has 1 fully saturated rings. The molecule has 208 valence electrons. The third-order valence-corrected chi connectivity index (χ3v) is 8.80. The summed E-state index contributed by atoms with van der Waals surface area (Å²) < 4.78 is 40.3. The van der Waals surface area contributed by atoms with Crippen LogP contribution in [0.5, 0.6) is 0 Å². The third-order valence-electron chi connectivity index (χ3n) is 6.90. The SMILES string of the molecule is CCc1nn(C[C@@H](C)COC(=O)c2cccc(S(=O)(=O)N3CCCC3)c2)c2c1C(=O)NCCCOCCC2. The van der Waals surface area contributed by atoms with Crippen LogP contribution in [0.4, 0.5) is 0 Å². The molecule has 1 aromatic heterocycles. The molecule has 0 aliphatic carbocycles. The Morgan fingerprint density at radius 3 is 2.71 bits per heavy atom. The number of sulfonamides is 1. The maximum absolute atomic E-state index is 12.9. The van der Waals surface area contributed by atoms with Crippen molar-refractivity contribution in [1.82, 2.24) is 19.4 Å². The summed E-state index contributed by atoms with van der Waals surface area (Å²) in [7, 11) is -3.62. The Kier molecular flexibility index (Phi) is 9.56. The fourth-order valence-corrected chi connectivity index (χ4v) is 6.45. The first-order valence-electron chi connectivity index (χ1n) is 13.5. The molecule has 4 rings (SSSR count). The Morgan fingerprint density at radius 1 is 1.18 bits per heavy atom. The molecular formula is C27H38N4O6S. The molecule has 2 aliphatic rings. The zero-order valence-corrected chi connectivity index (χ0v) is 23.1. The molecule has 1 aromatic carbocycles. The first-order chi connectivity index (χ1) is 18.3. The minimum atomic E-state index is -3.62. The number of nitrogens with one attached hydrogen (secondary N) is 1. The largest absolute Gasteiger partial charge is 0.462 e. The van der Waals surface area contributed by atoms with Crippen LogP contribution in [-0.2, 0) is 38.9 Å². The first kappa shape index (κ1) is 28.3. The Balaban J connectivity index is 1.43. The summed E-state index contributed by atoms with van der Waals surface area (Å²) in [6.07, 6.45) is 4.55. The quantitative estimate of drug-likeness (QED) is 0.506. The molecular weight excluding hydrogens is 508 g/mol. The van der Waals surface area contributed by atoms with Gasteiger partial charge in [0, 0.05) is 45.3 Å². The molecule has 1 amide bonds. The van der Waals surface area contributed by atoms with Crippen LogP contribution in [0.1, 0.15) is 71.6 Å². The van der Waals surface area contributed by atoms with Crippen molar-refractivity contribution < 1.29 is 27.5 Å². The van der Waals surface area contributed by atoms with Crippen LogP contribution in [0.25, 0.3) is 0 Å². The van der Waals surface area contributed by atoms with E-state index in [2.05, 4.69) is 5.32 Å². The zero-order chi connectivity index (χ0) is 27.1. The van der Waals surface area contributed by atoms with Gasteiger partial charge >= 0.3 is 5.97 Å². The van der Waals surface area contributed by atoms with E-state index in [-0.39, 0.29) is 28.9 Å². The van der Waals surface area contributed by atoms with Crippen molar-refractivity contribution >= 4 is 21.9 Å². The van der Waals surface area contributed by atoms with Gasteiger partial charge in [-0.05, 0) is 56.7 Å². The van der Waals surface area contributed by atoms with Crippen molar-refractivity contribution in [3.8, 4) is 0 Å². The molecule has 0 saturated carbocycles. The van der Waals surface area contributed by atoms with Gasteiger partial charge in [-0.3, -0.25) is 9.48 Å². The van der Waals surface area contributed by atoms with E-state index >= 15 is 0 Å². The first-order valence-corrected chi connectivity index (χ1v) is 15.0. The number of rotatable bonds is 8. The standard InChI is InChI=1S/C27H38N4O6S/c1-3-23-25-24(11-7-15-36-16-8-12-28-26(25)32)31(29-23)18-20(2)19-37-27(33)21-9-6-10-22(17-21)38(34,35)30-13-4-5-14-30/h6,9-10,17,20H,3-5,7-8,11-16,18-19H2,1-2H3,(H,28,32)/t20-/m1/s1. The predicted octanol–water partition coefficient (Wildman–Crippen LogP) is 2.81. The highest BCUT2D eigenvalue weighted by atomic mass is 32.2. The van der Waals surface area contributed by atoms with Crippen molar-refractivity contribution in [2.24, 2.45) is 5.92 Å². The Labute approximate surface area is 224 Å². The van der Waals surface area contributed by atoms with Crippen molar-refractivity contribution in [3.05, 3.63) is 46.8 Å². The van der Waals surface area contributed by atoms with Gasteiger partial charge in [-0.2, -0.15) is 9.40 Å². The third kappa shape index (κ3) is 6.62. The van der Waals surface area contributed by atoms with Gasteiger partial charge in [0.25, 0.3) is 5.91 Å². The number of carbonyl (C=O) groups is 2. The van der Waals surface area contributed by atoms with Gasteiger partial charge in [0.15, 0.2) is 0 Å². The van der Waals surface area contributed by atoms with Crippen LogP contribution in [0, 0.1) is 5.92 Å². The number of benzene rings is 1. The second-order valence-electron chi connectivity index (χ2n) is 9.97. The van der Waals surface area contributed by atoms with Crippen molar-refractivity contribution in [2.75, 3.05) is 39.5 Å². The van der Waals surface area contributed by atoms with Gasteiger partial charge in [0.1, 0.15) is 0 Å². The number of aryl methyl sites for hydroxylation is 1. The lowest BCUT2D eigenvalue weighted by atomic mass is 10.1. The average Bonchev–Trinajstić information content (AvgIpc) is 3.57. The summed E-state index contributed by atoms with van der Waals surface area (Å²) in [5.74, 6) is -0.754. The van der Waals surface area contributed by atoms with Gasteiger partial charge in [0.2, 0.25) is 10.0 Å². The number of nitrogens with zero attached hydrogens (tertiary/aromatic N) is 3. The van der Waals surface area contributed by atoms with E-state index in [0.717, 1.165) is 37.1 Å². The van der Waals surface area contributed by atoms with Crippen LogP contribution in [0.2, 0.25) is 0 Å². The Hall–Kier alpha value is -2.76. The van der Waals surface area contributed by atoms with E-state index in [0.29, 0.717) is 57.8 Å². The van der Waals surface area contributed by atoms with Crippen LogP contribution in [-0.4, -0.2) is 73.8 Å². The molecule has 1 N–H and O–H groups in total. The maximum Gasteiger partial charge on any atom is 0.338 e. The monoisotopic (exact) mass is 546 g/mol. The molecule has 38 heavy (non-hydrogen) atoms. The van der Waals surface area contributed by atoms with E-state index in [9.17, 15) is 18.0 Å². The van der Waals surface area contributed by atoms with Crippen LogP contribution in [0.3, 0.4) is 0 Å². The van der Waals surface area contributed by atoms with E-state index in [1.165, 1.54) is 16.4 Å². The number of fused-ring (bicyclic) bond motifs is 1. The van der Waals surface area contributed by atoms with E-state index in [1.807, 2.05) is 18.5 Å². The fraction of sp³-hybridized carbons (Fsp3) is 0.593. The summed E-state index contributed by atoms with van der Waals surface area (Å²) >= 11 is 0. The highest BCUT2D eigenvalue weighted by Crippen LogP contribution is 2.23. The number of carbonyl (C=O) groups excluding carboxylic acids is 2. The molecule has 0 bridgehead atoms.